The van der Waals surface area contributed by atoms with Crippen LogP contribution >= 0.6 is 12.4 Å². The number of carbonyl (C=O) groups is 1. The molecule has 18 heavy (non-hydrogen) atoms. The van der Waals surface area contributed by atoms with Gasteiger partial charge < -0.3 is 10.6 Å². The smallest absolute Gasteiger partial charge is 0.224 e. The van der Waals surface area contributed by atoms with E-state index in [0.717, 1.165) is 19.4 Å². The topological polar surface area (TPSA) is 46.3 Å². The zero-order valence-corrected chi connectivity index (χ0v) is 11.4. The molecule has 1 atom stereocenters. The highest BCUT2D eigenvalue weighted by molar-refractivity contribution is 5.85. The molecule has 0 bridgehead atoms. The van der Waals surface area contributed by atoms with Crippen LogP contribution in [0, 0.1) is 0 Å². The number of likely N-dealkylation sites (tertiary alicyclic amines) is 1. The fourth-order valence-electron chi connectivity index (χ4n) is 2.52. The van der Waals surface area contributed by atoms with Crippen LogP contribution in [-0.4, -0.2) is 23.9 Å². The van der Waals surface area contributed by atoms with Gasteiger partial charge in [-0.15, -0.1) is 12.4 Å². The summed E-state index contributed by atoms with van der Waals surface area (Å²) in [5, 5.41) is 0. The van der Waals surface area contributed by atoms with E-state index >= 15 is 0 Å². The molecule has 1 fully saturated rings. The monoisotopic (exact) mass is 268 g/mol. The molecule has 1 aliphatic rings. The second-order valence-electron chi connectivity index (χ2n) is 4.55. The number of hydrogen-bond acceptors (Lipinski definition) is 2. The van der Waals surface area contributed by atoms with Crippen LogP contribution in [0.15, 0.2) is 30.3 Å². The van der Waals surface area contributed by atoms with Crippen molar-refractivity contribution in [3.05, 3.63) is 35.9 Å². The number of halogens is 1. The van der Waals surface area contributed by atoms with Gasteiger partial charge in [-0.25, -0.2) is 0 Å². The van der Waals surface area contributed by atoms with Gasteiger partial charge in [0.25, 0.3) is 0 Å². The first kappa shape index (κ1) is 15.0. The summed E-state index contributed by atoms with van der Waals surface area (Å²) in [5.74, 6) is 0.195. The van der Waals surface area contributed by atoms with Crippen molar-refractivity contribution in [3.63, 3.8) is 0 Å². The van der Waals surface area contributed by atoms with Crippen LogP contribution < -0.4 is 5.73 Å². The van der Waals surface area contributed by atoms with Gasteiger partial charge in [0.15, 0.2) is 0 Å². The average Bonchev–Trinajstić information content (AvgIpc) is 2.40. The first-order valence-corrected chi connectivity index (χ1v) is 6.37. The molecule has 1 aliphatic heterocycles. The third-order valence-electron chi connectivity index (χ3n) is 3.37. The van der Waals surface area contributed by atoms with E-state index in [1.165, 1.54) is 12.0 Å². The molecule has 4 heteroatoms. The van der Waals surface area contributed by atoms with E-state index in [2.05, 4.69) is 12.1 Å². The lowest BCUT2D eigenvalue weighted by Gasteiger charge is -2.36. The Morgan fingerprint density at radius 2 is 2.00 bits per heavy atom. The van der Waals surface area contributed by atoms with Crippen molar-refractivity contribution in [1.82, 2.24) is 4.90 Å². The number of benzene rings is 1. The molecule has 1 heterocycles. The number of piperidine rings is 1. The first-order valence-electron chi connectivity index (χ1n) is 6.37. The molecular formula is C14H21ClN2O. The van der Waals surface area contributed by atoms with E-state index in [1.54, 1.807) is 0 Å². The Morgan fingerprint density at radius 3 is 2.67 bits per heavy atom. The summed E-state index contributed by atoms with van der Waals surface area (Å²) >= 11 is 0. The molecule has 2 N–H and O–H groups in total. The second-order valence-corrected chi connectivity index (χ2v) is 4.55. The molecule has 1 aromatic carbocycles. The van der Waals surface area contributed by atoms with Crippen LogP contribution in [-0.2, 0) is 4.79 Å². The predicted octanol–water partition coefficient (Wildman–Crippen LogP) is 2.51. The maximum atomic E-state index is 12.0. The minimum Gasteiger partial charge on any atom is -0.336 e. The van der Waals surface area contributed by atoms with Crippen molar-refractivity contribution < 1.29 is 4.79 Å². The van der Waals surface area contributed by atoms with E-state index in [-0.39, 0.29) is 24.4 Å². The Balaban J connectivity index is 0.00000162. The number of carbonyl (C=O) groups excluding carboxylic acids is 1. The van der Waals surface area contributed by atoms with Gasteiger partial charge in [-0.3, -0.25) is 4.79 Å². The molecule has 3 nitrogen and oxygen atoms in total. The number of rotatable bonds is 3. The number of nitrogens with zero attached hydrogens (tertiary/aromatic N) is 1. The largest absolute Gasteiger partial charge is 0.336 e. The van der Waals surface area contributed by atoms with E-state index in [9.17, 15) is 4.79 Å². The summed E-state index contributed by atoms with van der Waals surface area (Å²) in [6.07, 6.45) is 3.84. The summed E-state index contributed by atoms with van der Waals surface area (Å²) in [6, 6.07) is 10.6. The van der Waals surface area contributed by atoms with E-state index < -0.39 is 0 Å². The van der Waals surface area contributed by atoms with Gasteiger partial charge in [0.05, 0.1) is 6.04 Å². The lowest BCUT2D eigenvalue weighted by molar-refractivity contribution is -0.134. The Bertz CT molecular complexity index is 369. The molecule has 1 saturated heterocycles. The van der Waals surface area contributed by atoms with Gasteiger partial charge in [0, 0.05) is 19.5 Å². The summed E-state index contributed by atoms with van der Waals surface area (Å²) in [5.41, 5.74) is 6.72. The molecular weight excluding hydrogens is 248 g/mol. The van der Waals surface area contributed by atoms with Crippen LogP contribution in [0.3, 0.4) is 0 Å². The fourth-order valence-corrected chi connectivity index (χ4v) is 2.52. The quantitative estimate of drug-likeness (QED) is 0.916. The molecule has 0 aliphatic carbocycles. The molecule has 100 valence electrons. The van der Waals surface area contributed by atoms with Gasteiger partial charge in [-0.1, -0.05) is 30.3 Å². The average molecular weight is 269 g/mol. The summed E-state index contributed by atoms with van der Waals surface area (Å²) in [6.45, 7) is 1.31. The lowest BCUT2D eigenvalue weighted by Crippen LogP contribution is -2.39. The third kappa shape index (κ3) is 3.47. The normalized spacial score (nSPS) is 19.2. The SMILES string of the molecule is Cl.NCCC(=O)N1CCCCC1c1ccccc1. The summed E-state index contributed by atoms with van der Waals surface area (Å²) in [4.78, 5) is 14.0. The first-order chi connectivity index (χ1) is 8.33. The standard InChI is InChI=1S/C14H20N2O.ClH/c15-10-9-14(17)16-11-5-4-8-13(16)12-6-2-1-3-7-12;/h1-3,6-7,13H,4-5,8-11,15H2;1H. The van der Waals surface area contributed by atoms with Crippen molar-refractivity contribution in [3.8, 4) is 0 Å². The highest BCUT2D eigenvalue weighted by Gasteiger charge is 2.26. The van der Waals surface area contributed by atoms with E-state index in [4.69, 9.17) is 5.73 Å². The molecule has 1 aromatic rings. The number of nitrogens with two attached hydrogens (primary N) is 1. The molecule has 2 rings (SSSR count). The van der Waals surface area contributed by atoms with Crippen LogP contribution in [0.5, 0.6) is 0 Å². The van der Waals surface area contributed by atoms with E-state index in [0.29, 0.717) is 13.0 Å². The molecule has 1 unspecified atom stereocenters. The van der Waals surface area contributed by atoms with Gasteiger partial charge >= 0.3 is 0 Å². The van der Waals surface area contributed by atoms with Gasteiger partial charge in [0.2, 0.25) is 5.91 Å². The Labute approximate surface area is 115 Å². The maximum Gasteiger partial charge on any atom is 0.224 e. The van der Waals surface area contributed by atoms with E-state index in [1.807, 2.05) is 23.1 Å². The lowest BCUT2D eigenvalue weighted by atomic mass is 9.95. The minimum atomic E-state index is 0. The van der Waals surface area contributed by atoms with Gasteiger partial charge in [-0.2, -0.15) is 0 Å². The van der Waals surface area contributed by atoms with Crippen LogP contribution in [0.1, 0.15) is 37.3 Å². The summed E-state index contributed by atoms with van der Waals surface area (Å²) in [7, 11) is 0. The Morgan fingerprint density at radius 1 is 1.28 bits per heavy atom. The van der Waals surface area contributed by atoms with Crippen LogP contribution in [0.4, 0.5) is 0 Å². The van der Waals surface area contributed by atoms with Gasteiger partial charge in [0.1, 0.15) is 0 Å². The van der Waals surface area contributed by atoms with Crippen LogP contribution in [0.2, 0.25) is 0 Å². The van der Waals surface area contributed by atoms with Crippen molar-refractivity contribution in [2.24, 2.45) is 5.73 Å². The molecule has 1 amide bonds. The molecule has 0 saturated carbocycles. The Hall–Kier alpha value is -1.06. The summed E-state index contributed by atoms with van der Waals surface area (Å²) < 4.78 is 0. The van der Waals surface area contributed by atoms with Crippen molar-refractivity contribution >= 4 is 18.3 Å². The fraction of sp³-hybridized carbons (Fsp3) is 0.500. The number of amides is 1. The van der Waals surface area contributed by atoms with Gasteiger partial charge in [-0.05, 0) is 24.8 Å². The third-order valence-corrected chi connectivity index (χ3v) is 3.37. The Kier molecular flexibility index (Phi) is 6.16. The van der Waals surface area contributed by atoms with Crippen LogP contribution in [0.25, 0.3) is 0 Å². The maximum absolute atomic E-state index is 12.0. The highest BCUT2D eigenvalue weighted by Crippen LogP contribution is 2.30. The second kappa shape index (κ2) is 7.39. The highest BCUT2D eigenvalue weighted by atomic mass is 35.5. The molecule has 0 spiro atoms. The minimum absolute atomic E-state index is 0. The zero-order valence-electron chi connectivity index (χ0n) is 10.5. The number of hydrogen-bond donors (Lipinski definition) is 1. The predicted molar refractivity (Wildman–Crippen MR) is 75.7 cm³/mol. The van der Waals surface area contributed by atoms with Crippen molar-refractivity contribution in [2.45, 2.75) is 31.7 Å². The zero-order chi connectivity index (χ0) is 12.1. The molecule has 0 radical (unpaired) electrons. The van der Waals surface area contributed by atoms with Crippen molar-refractivity contribution in [2.75, 3.05) is 13.1 Å². The van der Waals surface area contributed by atoms with Crippen molar-refractivity contribution in [1.29, 1.82) is 0 Å². The molecule has 0 aromatic heterocycles.